The maximum atomic E-state index is 12.5. The number of rotatable bonds is 5. The van der Waals surface area contributed by atoms with Crippen LogP contribution in [0.2, 0.25) is 0 Å². The van der Waals surface area contributed by atoms with Crippen LogP contribution in [0.4, 0.5) is 0 Å². The van der Waals surface area contributed by atoms with Crippen molar-refractivity contribution in [1.29, 1.82) is 0 Å². The maximum Gasteiger partial charge on any atom is 0.316 e. The van der Waals surface area contributed by atoms with Crippen LogP contribution in [0, 0.1) is 12.8 Å². The fraction of sp³-hybridized carbons (Fsp3) is 0.526. The molecule has 0 bridgehead atoms. The van der Waals surface area contributed by atoms with Crippen molar-refractivity contribution in [2.45, 2.75) is 31.8 Å². The average Bonchev–Trinajstić information content (AvgIpc) is 3.07. The average molecular weight is 373 g/mol. The summed E-state index contributed by atoms with van der Waals surface area (Å²) in [5.41, 5.74) is -0.159. The van der Waals surface area contributed by atoms with Gasteiger partial charge in [0.2, 0.25) is 0 Å². The third-order valence-corrected chi connectivity index (χ3v) is 6.08. The van der Waals surface area contributed by atoms with Gasteiger partial charge >= 0.3 is 6.01 Å². The van der Waals surface area contributed by atoms with Crippen LogP contribution >= 0.6 is 11.3 Å². The van der Waals surface area contributed by atoms with E-state index in [4.69, 9.17) is 9.47 Å². The van der Waals surface area contributed by atoms with Gasteiger partial charge in [-0.1, -0.05) is 0 Å². The molecular weight excluding hydrogens is 350 g/mol. The van der Waals surface area contributed by atoms with Gasteiger partial charge in [0.15, 0.2) is 0 Å². The van der Waals surface area contributed by atoms with E-state index >= 15 is 0 Å². The largest absolute Gasteiger partial charge is 0.463 e. The predicted molar refractivity (Wildman–Crippen MR) is 98.5 cm³/mol. The molecule has 0 aliphatic carbocycles. The van der Waals surface area contributed by atoms with Gasteiger partial charge in [-0.25, -0.2) is 9.97 Å². The Kier molecular flexibility index (Phi) is 4.91. The molecule has 4 heterocycles. The van der Waals surface area contributed by atoms with Gasteiger partial charge in [0.05, 0.1) is 24.6 Å². The Labute approximate surface area is 157 Å². The number of hydrogen-bond donors (Lipinski definition) is 0. The van der Waals surface area contributed by atoms with E-state index in [9.17, 15) is 4.79 Å². The van der Waals surface area contributed by atoms with Crippen LogP contribution < -0.4 is 4.74 Å². The summed E-state index contributed by atoms with van der Waals surface area (Å²) in [6, 6.07) is 6.12. The molecule has 0 saturated carbocycles. The molecule has 0 N–H and O–H groups in total. The highest BCUT2D eigenvalue weighted by Gasteiger charge is 2.49. The van der Waals surface area contributed by atoms with Crippen molar-refractivity contribution in [2.24, 2.45) is 5.92 Å². The van der Waals surface area contributed by atoms with Gasteiger partial charge in [-0.2, -0.15) is 0 Å². The molecule has 2 aliphatic heterocycles. The number of aromatic nitrogens is 2. The number of amides is 1. The molecule has 138 valence electrons. The summed E-state index contributed by atoms with van der Waals surface area (Å²) in [5.74, 6) is 0.678. The van der Waals surface area contributed by atoms with Crippen molar-refractivity contribution in [3.63, 3.8) is 0 Å². The number of likely N-dealkylation sites (tertiary alicyclic amines) is 1. The van der Waals surface area contributed by atoms with E-state index in [1.165, 1.54) is 4.88 Å². The molecule has 4 rings (SSSR count). The quantitative estimate of drug-likeness (QED) is 0.806. The molecule has 0 aromatic carbocycles. The summed E-state index contributed by atoms with van der Waals surface area (Å²) in [7, 11) is 0. The molecule has 1 spiro atoms. The van der Waals surface area contributed by atoms with Crippen molar-refractivity contribution >= 4 is 17.2 Å². The van der Waals surface area contributed by atoms with Crippen LogP contribution in [0.25, 0.3) is 0 Å². The van der Waals surface area contributed by atoms with Gasteiger partial charge in [0, 0.05) is 23.9 Å². The number of carbonyl (C=O) groups is 1. The number of ether oxygens (including phenoxy) is 2. The zero-order chi connectivity index (χ0) is 18.0. The zero-order valence-corrected chi connectivity index (χ0v) is 15.7. The Bertz CT molecular complexity index is 758. The number of carbonyl (C=O) groups excluding carboxylic acids is 1. The van der Waals surface area contributed by atoms with Gasteiger partial charge < -0.3 is 14.4 Å². The van der Waals surface area contributed by atoms with E-state index in [2.05, 4.69) is 9.97 Å². The van der Waals surface area contributed by atoms with Crippen LogP contribution in [0.3, 0.4) is 0 Å². The topological polar surface area (TPSA) is 64.6 Å². The van der Waals surface area contributed by atoms with Crippen molar-refractivity contribution in [1.82, 2.24) is 14.9 Å². The van der Waals surface area contributed by atoms with Crippen molar-refractivity contribution in [2.75, 3.05) is 26.3 Å². The molecule has 2 saturated heterocycles. The normalized spacial score (nSPS) is 21.4. The third-order valence-electron chi connectivity index (χ3n) is 5.09. The summed E-state index contributed by atoms with van der Waals surface area (Å²) < 4.78 is 11.7. The second-order valence-corrected chi connectivity index (χ2v) is 8.42. The highest BCUT2D eigenvalue weighted by Crippen LogP contribution is 2.39. The molecular formula is C19H23N3O3S. The minimum Gasteiger partial charge on any atom is -0.463 e. The minimum atomic E-state index is -0.159. The first-order valence-electron chi connectivity index (χ1n) is 9.03. The fourth-order valence-electron chi connectivity index (χ4n) is 3.77. The van der Waals surface area contributed by atoms with Gasteiger partial charge in [0.25, 0.3) is 5.91 Å². The SMILES string of the molecule is Cc1ccc(C(=O)N2CC3(CC(CCOc4ncccn4)CCO3)C2)s1. The number of thiophene rings is 1. The van der Waals surface area contributed by atoms with Crippen molar-refractivity contribution in [3.8, 4) is 6.01 Å². The van der Waals surface area contributed by atoms with Crippen LogP contribution in [-0.2, 0) is 4.74 Å². The third kappa shape index (κ3) is 3.73. The molecule has 2 fully saturated rings. The summed E-state index contributed by atoms with van der Waals surface area (Å²) in [6.07, 6.45) is 6.35. The molecule has 2 aromatic rings. The second-order valence-electron chi connectivity index (χ2n) is 7.13. The highest BCUT2D eigenvalue weighted by atomic mass is 32.1. The molecule has 1 unspecified atom stereocenters. The zero-order valence-electron chi connectivity index (χ0n) is 14.9. The van der Waals surface area contributed by atoms with Crippen LogP contribution in [-0.4, -0.2) is 52.7 Å². The Morgan fingerprint density at radius 2 is 2.19 bits per heavy atom. The van der Waals surface area contributed by atoms with Gasteiger partial charge in [-0.15, -0.1) is 11.3 Å². The van der Waals surface area contributed by atoms with Gasteiger partial charge in [-0.3, -0.25) is 4.79 Å². The van der Waals surface area contributed by atoms with E-state index in [1.54, 1.807) is 29.8 Å². The van der Waals surface area contributed by atoms with E-state index in [-0.39, 0.29) is 11.5 Å². The minimum absolute atomic E-state index is 0.129. The van der Waals surface area contributed by atoms with E-state index in [0.717, 1.165) is 30.7 Å². The van der Waals surface area contributed by atoms with Crippen LogP contribution in [0.5, 0.6) is 6.01 Å². The lowest BCUT2D eigenvalue weighted by molar-refractivity contribution is -0.166. The second kappa shape index (κ2) is 7.32. The number of hydrogen-bond acceptors (Lipinski definition) is 6. The smallest absolute Gasteiger partial charge is 0.316 e. The maximum absolute atomic E-state index is 12.5. The molecule has 26 heavy (non-hydrogen) atoms. The molecule has 6 nitrogen and oxygen atoms in total. The molecule has 1 amide bonds. The van der Waals surface area contributed by atoms with E-state index < -0.39 is 0 Å². The molecule has 0 radical (unpaired) electrons. The Balaban J connectivity index is 1.26. The van der Waals surface area contributed by atoms with E-state index in [1.807, 2.05) is 24.0 Å². The lowest BCUT2D eigenvalue weighted by Crippen LogP contribution is -2.66. The summed E-state index contributed by atoms with van der Waals surface area (Å²) in [4.78, 5) is 24.6. The Morgan fingerprint density at radius 3 is 2.92 bits per heavy atom. The first-order chi connectivity index (χ1) is 12.6. The Morgan fingerprint density at radius 1 is 1.38 bits per heavy atom. The summed E-state index contributed by atoms with van der Waals surface area (Å²) in [5, 5.41) is 0. The molecule has 1 atom stereocenters. The predicted octanol–water partition coefficient (Wildman–Crippen LogP) is 2.94. The first kappa shape index (κ1) is 17.4. The Hall–Kier alpha value is -1.99. The molecule has 2 aliphatic rings. The lowest BCUT2D eigenvalue weighted by atomic mass is 9.79. The van der Waals surface area contributed by atoms with Gasteiger partial charge in [0.1, 0.15) is 5.60 Å². The van der Waals surface area contributed by atoms with Crippen molar-refractivity contribution < 1.29 is 14.3 Å². The van der Waals surface area contributed by atoms with Crippen LogP contribution in [0.15, 0.2) is 30.6 Å². The monoisotopic (exact) mass is 373 g/mol. The lowest BCUT2D eigenvalue weighted by Gasteiger charge is -2.53. The fourth-order valence-corrected chi connectivity index (χ4v) is 4.61. The number of nitrogens with zero attached hydrogens (tertiary/aromatic N) is 3. The summed E-state index contributed by atoms with van der Waals surface area (Å²) >= 11 is 1.56. The summed E-state index contributed by atoms with van der Waals surface area (Å²) in [6.45, 7) is 4.79. The first-order valence-corrected chi connectivity index (χ1v) is 9.85. The van der Waals surface area contributed by atoms with Crippen LogP contribution in [0.1, 0.15) is 33.8 Å². The molecule has 2 aromatic heterocycles. The van der Waals surface area contributed by atoms with E-state index in [0.29, 0.717) is 31.6 Å². The van der Waals surface area contributed by atoms with Crippen molar-refractivity contribution in [3.05, 3.63) is 40.3 Å². The molecule has 7 heteroatoms. The standard InChI is InChI=1S/C19H23N3O3S/c1-14-3-4-16(26-14)17(23)22-12-19(13-22)11-15(6-10-25-19)5-9-24-18-20-7-2-8-21-18/h2-4,7-8,15H,5-6,9-13H2,1H3. The number of aryl methyl sites for hydroxylation is 1. The highest BCUT2D eigenvalue weighted by molar-refractivity contribution is 7.13. The van der Waals surface area contributed by atoms with Gasteiger partial charge in [-0.05, 0) is 50.3 Å².